The Morgan fingerprint density at radius 1 is 0.520 bits per heavy atom. The molecule has 0 saturated heterocycles. The van der Waals surface area contributed by atoms with E-state index in [2.05, 4.69) is 31.9 Å². The molecule has 13 N–H and O–H groups in total. The molecular formula is C29H48N8O13. The minimum absolute atomic E-state index is 0.0282. The number of carbonyl (C=O) groups is 10. The van der Waals surface area contributed by atoms with Crippen molar-refractivity contribution in [2.75, 3.05) is 0 Å². The van der Waals surface area contributed by atoms with Crippen molar-refractivity contribution in [1.82, 2.24) is 31.9 Å². The van der Waals surface area contributed by atoms with Gasteiger partial charge >= 0.3 is 17.9 Å². The van der Waals surface area contributed by atoms with E-state index in [4.69, 9.17) is 26.8 Å². The highest BCUT2D eigenvalue weighted by Gasteiger charge is 2.33. The van der Waals surface area contributed by atoms with Crippen LogP contribution in [0, 0.1) is 5.92 Å². The van der Waals surface area contributed by atoms with Crippen LogP contribution < -0.4 is 43.4 Å². The zero-order chi connectivity index (χ0) is 38.9. The van der Waals surface area contributed by atoms with Gasteiger partial charge in [0.05, 0.1) is 12.5 Å². The molecule has 0 unspecified atom stereocenters. The highest BCUT2D eigenvalue weighted by Crippen LogP contribution is 2.08. The van der Waals surface area contributed by atoms with E-state index in [0.29, 0.717) is 0 Å². The number of nitrogens with one attached hydrogen (secondary N) is 6. The van der Waals surface area contributed by atoms with Crippen LogP contribution in [-0.2, 0) is 47.9 Å². The maximum absolute atomic E-state index is 13.2. The van der Waals surface area contributed by atoms with E-state index in [-0.39, 0.29) is 12.3 Å². The lowest BCUT2D eigenvalue weighted by Gasteiger charge is -2.26. The van der Waals surface area contributed by atoms with Gasteiger partial charge in [-0.15, -0.1) is 0 Å². The molecule has 282 valence electrons. The van der Waals surface area contributed by atoms with E-state index in [0.717, 1.165) is 6.92 Å². The van der Waals surface area contributed by atoms with Crippen LogP contribution in [0.25, 0.3) is 0 Å². The fraction of sp³-hybridized carbons (Fsp3) is 0.655. The molecule has 0 aromatic carbocycles. The lowest BCUT2D eigenvalue weighted by Crippen LogP contribution is -2.59. The SMILES string of the molecule is CC(C)C[C@H](NC(=O)[C@H](CC(N)=O)NC(=O)[C@H](C)N)C(=O)N[C@@H](C)C(=O)N[C@@H](CCC(=O)O)C(=O)N[C@@H](CCC(=O)O)C(=O)N[C@@H](C)C(=O)O. The monoisotopic (exact) mass is 716 g/mol. The molecule has 0 radical (unpaired) electrons. The predicted octanol–water partition coefficient (Wildman–Crippen LogP) is -3.98. The van der Waals surface area contributed by atoms with Crippen molar-refractivity contribution in [1.29, 1.82) is 0 Å². The summed E-state index contributed by atoms with van der Waals surface area (Å²) in [5.41, 5.74) is 10.7. The van der Waals surface area contributed by atoms with Crippen molar-refractivity contribution < 1.29 is 63.3 Å². The van der Waals surface area contributed by atoms with Gasteiger partial charge in [-0.3, -0.25) is 47.9 Å². The molecule has 0 fully saturated rings. The summed E-state index contributed by atoms with van der Waals surface area (Å²) in [6.07, 6.45) is -2.84. The van der Waals surface area contributed by atoms with Crippen LogP contribution in [0.2, 0.25) is 0 Å². The highest BCUT2D eigenvalue weighted by molar-refractivity contribution is 5.98. The maximum Gasteiger partial charge on any atom is 0.325 e. The Labute approximate surface area is 287 Å². The molecular weight excluding hydrogens is 668 g/mol. The number of primary amides is 1. The molecule has 7 atom stereocenters. The molecule has 0 aromatic rings. The van der Waals surface area contributed by atoms with Gasteiger partial charge in [-0.2, -0.15) is 0 Å². The molecule has 0 aliphatic rings. The number of aliphatic carboxylic acids is 3. The molecule has 7 amide bonds. The Morgan fingerprint density at radius 3 is 1.32 bits per heavy atom. The maximum atomic E-state index is 13.2. The first kappa shape index (κ1) is 44.7. The average Bonchev–Trinajstić information content (AvgIpc) is 2.99. The van der Waals surface area contributed by atoms with Crippen LogP contribution in [-0.4, -0.2) is 117 Å². The molecule has 0 spiro atoms. The third-order valence-corrected chi connectivity index (χ3v) is 6.83. The predicted molar refractivity (Wildman–Crippen MR) is 171 cm³/mol. The van der Waals surface area contributed by atoms with Gasteiger partial charge in [0, 0.05) is 12.8 Å². The molecule has 50 heavy (non-hydrogen) atoms. The summed E-state index contributed by atoms with van der Waals surface area (Å²) in [4.78, 5) is 122. The van der Waals surface area contributed by atoms with Crippen molar-refractivity contribution in [2.45, 2.75) is 115 Å². The number of hydrogen-bond donors (Lipinski definition) is 11. The van der Waals surface area contributed by atoms with E-state index in [9.17, 15) is 47.9 Å². The van der Waals surface area contributed by atoms with E-state index in [1.54, 1.807) is 13.8 Å². The van der Waals surface area contributed by atoms with Gasteiger partial charge in [-0.05, 0) is 46.0 Å². The topological polar surface area (TPSA) is 356 Å². The van der Waals surface area contributed by atoms with Gasteiger partial charge in [0.25, 0.3) is 0 Å². The Morgan fingerprint density at radius 2 is 0.900 bits per heavy atom. The minimum atomic E-state index is -1.62. The third-order valence-electron chi connectivity index (χ3n) is 6.83. The molecule has 0 heterocycles. The number of carbonyl (C=O) groups excluding carboxylic acids is 7. The lowest BCUT2D eigenvalue weighted by molar-refractivity contribution is -0.142. The summed E-state index contributed by atoms with van der Waals surface area (Å²) in [5, 5.41) is 40.9. The number of hydrogen-bond acceptors (Lipinski definition) is 11. The summed E-state index contributed by atoms with van der Waals surface area (Å²) in [6.45, 7) is 7.11. The van der Waals surface area contributed by atoms with Gasteiger partial charge < -0.3 is 58.7 Å². The second-order valence-electron chi connectivity index (χ2n) is 12.0. The zero-order valence-electron chi connectivity index (χ0n) is 28.4. The van der Waals surface area contributed by atoms with E-state index in [1.165, 1.54) is 13.8 Å². The minimum Gasteiger partial charge on any atom is -0.481 e. The molecule has 0 bridgehead atoms. The van der Waals surface area contributed by atoms with Crippen LogP contribution in [0.3, 0.4) is 0 Å². The first-order valence-electron chi connectivity index (χ1n) is 15.6. The van der Waals surface area contributed by atoms with E-state index < -0.39 is 134 Å². The lowest BCUT2D eigenvalue weighted by atomic mass is 10.0. The standard InChI is InChI=1S/C29H48N8O13/c1-12(2)10-18(37-28(48)19(11-20(31)38)36-23(43)13(3)30)27(47)32-14(4)24(44)34-17(7-9-22(41)42)26(46)35-16(6-8-21(39)40)25(45)33-15(5)29(49)50/h12-19H,6-11,30H2,1-5H3,(H2,31,38)(H,32,47)(H,33,45)(H,34,44)(H,35,46)(H,36,43)(H,37,48)(H,39,40)(H,41,42)(H,49,50)/t13-,14-,15-,16-,17-,18-,19-/m0/s1. The number of rotatable bonds is 23. The number of amides is 7. The van der Waals surface area contributed by atoms with Crippen LogP contribution >= 0.6 is 0 Å². The Bertz CT molecular complexity index is 1290. The normalized spacial score (nSPS) is 15.0. The van der Waals surface area contributed by atoms with Crippen LogP contribution in [0.4, 0.5) is 0 Å². The Balaban J connectivity index is 5.96. The van der Waals surface area contributed by atoms with Crippen molar-refractivity contribution >= 4 is 59.3 Å². The van der Waals surface area contributed by atoms with E-state index >= 15 is 0 Å². The summed E-state index contributed by atoms with van der Waals surface area (Å²) >= 11 is 0. The fourth-order valence-electron chi connectivity index (χ4n) is 4.09. The molecule has 0 rings (SSSR count). The quantitative estimate of drug-likeness (QED) is 0.0480. The number of carboxylic acids is 3. The molecule has 0 aliphatic carbocycles. The van der Waals surface area contributed by atoms with Crippen LogP contribution in [0.15, 0.2) is 0 Å². The van der Waals surface area contributed by atoms with Gasteiger partial charge in [0.1, 0.15) is 36.3 Å². The average molecular weight is 717 g/mol. The number of nitrogens with two attached hydrogens (primary N) is 2. The molecule has 0 aliphatic heterocycles. The first-order valence-corrected chi connectivity index (χ1v) is 15.6. The summed E-state index contributed by atoms with van der Waals surface area (Å²) in [5.74, 6) is -11.0. The van der Waals surface area contributed by atoms with Gasteiger partial charge in [0.15, 0.2) is 0 Å². The van der Waals surface area contributed by atoms with Crippen molar-refractivity contribution in [3.05, 3.63) is 0 Å². The Kier molecular flexibility index (Phi) is 19.3. The fourth-order valence-corrected chi connectivity index (χ4v) is 4.09. The van der Waals surface area contributed by atoms with Crippen LogP contribution in [0.1, 0.15) is 73.1 Å². The first-order chi connectivity index (χ1) is 23.0. The molecule has 0 aromatic heterocycles. The molecule has 21 nitrogen and oxygen atoms in total. The molecule has 21 heteroatoms. The van der Waals surface area contributed by atoms with Crippen molar-refractivity contribution in [2.24, 2.45) is 17.4 Å². The van der Waals surface area contributed by atoms with Gasteiger partial charge in [-0.25, -0.2) is 0 Å². The highest BCUT2D eigenvalue weighted by atomic mass is 16.4. The van der Waals surface area contributed by atoms with Crippen molar-refractivity contribution in [3.8, 4) is 0 Å². The summed E-state index contributed by atoms with van der Waals surface area (Å²) < 4.78 is 0. The van der Waals surface area contributed by atoms with Crippen molar-refractivity contribution in [3.63, 3.8) is 0 Å². The second kappa shape index (κ2) is 21.6. The Hall–Kier alpha value is -5.34. The second-order valence-corrected chi connectivity index (χ2v) is 12.0. The van der Waals surface area contributed by atoms with Crippen LogP contribution in [0.5, 0.6) is 0 Å². The summed E-state index contributed by atoms with van der Waals surface area (Å²) in [7, 11) is 0. The number of carboxylic acid groups (broad SMARTS) is 3. The third kappa shape index (κ3) is 17.7. The molecule has 0 saturated carbocycles. The zero-order valence-corrected chi connectivity index (χ0v) is 28.4. The largest absolute Gasteiger partial charge is 0.481 e. The smallest absolute Gasteiger partial charge is 0.325 e. The van der Waals surface area contributed by atoms with Gasteiger partial charge in [-0.1, -0.05) is 13.8 Å². The van der Waals surface area contributed by atoms with Gasteiger partial charge in [0.2, 0.25) is 41.4 Å². The van der Waals surface area contributed by atoms with E-state index in [1.807, 2.05) is 0 Å². The summed E-state index contributed by atoms with van der Waals surface area (Å²) in [6, 6.07) is -9.84.